The first-order valence-electron chi connectivity index (χ1n) is 6.93. The number of carbonyl (C=O) groups is 1. The highest BCUT2D eigenvalue weighted by Gasteiger charge is 2.21. The van der Waals surface area contributed by atoms with Crippen molar-refractivity contribution >= 4 is 5.78 Å². The Kier molecular flexibility index (Phi) is 4.09. The summed E-state index contributed by atoms with van der Waals surface area (Å²) in [7, 11) is 0. The van der Waals surface area contributed by atoms with Gasteiger partial charge >= 0.3 is 0 Å². The molecule has 2 aromatic heterocycles. The molecule has 0 amide bonds. The Balaban J connectivity index is 1.83. The minimum atomic E-state index is -0.350. The molecule has 3 rings (SSSR count). The third-order valence-corrected chi connectivity index (χ3v) is 3.48. The fourth-order valence-corrected chi connectivity index (χ4v) is 2.37. The van der Waals surface area contributed by atoms with E-state index in [9.17, 15) is 9.18 Å². The van der Waals surface area contributed by atoms with E-state index in [1.54, 1.807) is 25.0 Å². The van der Waals surface area contributed by atoms with Gasteiger partial charge < -0.3 is 9.13 Å². The van der Waals surface area contributed by atoms with Crippen LogP contribution in [0.15, 0.2) is 61.7 Å². The molecule has 0 saturated carbocycles. The summed E-state index contributed by atoms with van der Waals surface area (Å²) in [6.07, 6.45) is 10.3. The molecule has 0 aliphatic heterocycles. The van der Waals surface area contributed by atoms with E-state index in [0.29, 0.717) is 18.7 Å². The minimum absolute atomic E-state index is 0.0256. The fourth-order valence-electron chi connectivity index (χ4n) is 2.37. The lowest BCUT2D eigenvalue weighted by Crippen LogP contribution is -2.25. The molecule has 0 saturated heterocycles. The Bertz CT molecular complexity index is 684. The van der Waals surface area contributed by atoms with Crippen molar-refractivity contribution in [2.75, 3.05) is 0 Å². The van der Waals surface area contributed by atoms with Crippen LogP contribution in [0.25, 0.3) is 0 Å². The Morgan fingerprint density at radius 2 is 1.55 bits per heavy atom. The molecule has 3 aromatic rings. The van der Waals surface area contributed by atoms with Crippen molar-refractivity contribution in [1.29, 1.82) is 0 Å². The average Bonchev–Trinajstić information content (AvgIpc) is 3.20. The number of aromatic nitrogens is 4. The second-order valence-corrected chi connectivity index (χ2v) is 5.09. The number of carbonyl (C=O) groups excluding carboxylic acids is 1. The molecule has 2 heterocycles. The number of halogens is 1. The van der Waals surface area contributed by atoms with Gasteiger partial charge in [0.15, 0.2) is 5.78 Å². The van der Waals surface area contributed by atoms with Gasteiger partial charge in [0, 0.05) is 43.4 Å². The summed E-state index contributed by atoms with van der Waals surface area (Å²) in [5, 5.41) is 0. The Labute approximate surface area is 127 Å². The first-order valence-corrected chi connectivity index (χ1v) is 6.93. The maximum atomic E-state index is 13.0. The smallest absolute Gasteiger partial charge is 0.169 e. The van der Waals surface area contributed by atoms with E-state index in [4.69, 9.17) is 0 Å². The lowest BCUT2D eigenvalue weighted by Gasteiger charge is -2.17. The van der Waals surface area contributed by atoms with Crippen LogP contribution < -0.4 is 0 Å². The zero-order valence-electron chi connectivity index (χ0n) is 11.8. The van der Waals surface area contributed by atoms with Crippen LogP contribution >= 0.6 is 0 Å². The van der Waals surface area contributed by atoms with E-state index < -0.39 is 0 Å². The second-order valence-electron chi connectivity index (χ2n) is 5.09. The van der Waals surface area contributed by atoms with Gasteiger partial charge in [-0.3, -0.25) is 4.79 Å². The van der Waals surface area contributed by atoms with Crippen LogP contribution in [0.1, 0.15) is 10.4 Å². The molecule has 0 bridgehead atoms. The molecular formula is C16H15FN4O. The van der Waals surface area contributed by atoms with Crippen LogP contribution in [-0.2, 0) is 13.1 Å². The molecule has 0 unspecified atom stereocenters. The molecule has 0 aliphatic carbocycles. The van der Waals surface area contributed by atoms with Crippen LogP contribution in [0.5, 0.6) is 0 Å². The highest BCUT2D eigenvalue weighted by molar-refractivity contribution is 5.97. The van der Waals surface area contributed by atoms with Gasteiger partial charge in [0.2, 0.25) is 0 Å². The molecule has 0 spiro atoms. The highest BCUT2D eigenvalue weighted by Crippen LogP contribution is 2.15. The number of hydrogen-bond acceptors (Lipinski definition) is 3. The standard InChI is InChI=1S/C16H15FN4O/c17-15-3-1-13(2-4-15)16(22)14(9-20-7-5-18-11-20)10-21-8-6-19-12-21/h1-8,11-12,14H,9-10H2. The van der Waals surface area contributed by atoms with Gasteiger partial charge in [0.1, 0.15) is 5.82 Å². The maximum Gasteiger partial charge on any atom is 0.169 e. The predicted octanol–water partition coefficient (Wildman–Crippen LogP) is 2.42. The van der Waals surface area contributed by atoms with Gasteiger partial charge in [-0.15, -0.1) is 0 Å². The molecule has 22 heavy (non-hydrogen) atoms. The third kappa shape index (κ3) is 3.28. The first-order chi connectivity index (χ1) is 10.7. The van der Waals surface area contributed by atoms with Crippen molar-refractivity contribution in [2.24, 2.45) is 5.92 Å². The van der Waals surface area contributed by atoms with Gasteiger partial charge in [-0.1, -0.05) is 0 Å². The Morgan fingerprint density at radius 1 is 1.00 bits per heavy atom. The van der Waals surface area contributed by atoms with Crippen LogP contribution in [0.4, 0.5) is 4.39 Å². The molecule has 6 heteroatoms. The molecule has 0 atom stereocenters. The van der Waals surface area contributed by atoms with E-state index in [-0.39, 0.29) is 17.5 Å². The quantitative estimate of drug-likeness (QED) is 0.657. The molecule has 112 valence electrons. The fraction of sp³-hybridized carbons (Fsp3) is 0.188. The monoisotopic (exact) mass is 298 g/mol. The van der Waals surface area contributed by atoms with Gasteiger partial charge in [-0.2, -0.15) is 0 Å². The number of benzene rings is 1. The normalized spacial score (nSPS) is 11.0. The van der Waals surface area contributed by atoms with E-state index in [2.05, 4.69) is 9.97 Å². The summed E-state index contributed by atoms with van der Waals surface area (Å²) in [6.45, 7) is 1.02. The van der Waals surface area contributed by atoms with Crippen molar-refractivity contribution in [1.82, 2.24) is 19.1 Å². The number of hydrogen-bond donors (Lipinski definition) is 0. The number of ketones is 1. The van der Waals surface area contributed by atoms with Gasteiger partial charge in [0.05, 0.1) is 18.6 Å². The van der Waals surface area contributed by atoms with Crippen molar-refractivity contribution in [3.63, 3.8) is 0 Å². The maximum absolute atomic E-state index is 13.0. The lowest BCUT2D eigenvalue weighted by molar-refractivity contribution is 0.0892. The summed E-state index contributed by atoms with van der Waals surface area (Å²) in [4.78, 5) is 20.7. The molecule has 0 radical (unpaired) electrons. The molecule has 0 N–H and O–H groups in total. The van der Waals surface area contributed by atoms with Crippen molar-refractivity contribution in [3.8, 4) is 0 Å². The first kappa shape index (κ1) is 14.2. The van der Waals surface area contributed by atoms with Crippen molar-refractivity contribution in [3.05, 3.63) is 73.1 Å². The lowest BCUT2D eigenvalue weighted by atomic mass is 9.97. The summed E-state index contributed by atoms with van der Waals surface area (Å²) < 4.78 is 16.8. The third-order valence-electron chi connectivity index (χ3n) is 3.48. The van der Waals surface area contributed by atoms with Crippen LogP contribution in [0.3, 0.4) is 0 Å². The van der Waals surface area contributed by atoms with Gasteiger partial charge in [-0.05, 0) is 24.3 Å². The largest absolute Gasteiger partial charge is 0.337 e. The van der Waals surface area contributed by atoms with Crippen LogP contribution in [0, 0.1) is 11.7 Å². The van der Waals surface area contributed by atoms with Crippen molar-refractivity contribution < 1.29 is 9.18 Å². The van der Waals surface area contributed by atoms with Gasteiger partial charge in [-0.25, -0.2) is 14.4 Å². The van der Waals surface area contributed by atoms with E-state index in [0.717, 1.165) is 0 Å². The minimum Gasteiger partial charge on any atom is -0.337 e. The molecule has 1 aromatic carbocycles. The molecule has 0 aliphatic rings. The predicted molar refractivity (Wildman–Crippen MR) is 78.7 cm³/mol. The van der Waals surface area contributed by atoms with Gasteiger partial charge in [0.25, 0.3) is 0 Å². The number of imidazole rings is 2. The topological polar surface area (TPSA) is 52.7 Å². The summed E-state index contributed by atoms with van der Waals surface area (Å²) >= 11 is 0. The summed E-state index contributed by atoms with van der Waals surface area (Å²) in [6, 6.07) is 5.65. The van der Waals surface area contributed by atoms with E-state index in [1.807, 2.05) is 21.5 Å². The Hall–Kier alpha value is -2.76. The molecule has 5 nitrogen and oxygen atoms in total. The average molecular weight is 298 g/mol. The zero-order chi connectivity index (χ0) is 15.4. The molecular weight excluding hydrogens is 283 g/mol. The molecule has 0 fully saturated rings. The van der Waals surface area contributed by atoms with Crippen molar-refractivity contribution in [2.45, 2.75) is 13.1 Å². The summed E-state index contributed by atoms with van der Waals surface area (Å²) in [5.74, 6) is -0.659. The number of Topliss-reactive ketones (excluding diaryl/α,β-unsaturated/α-hetero) is 1. The highest BCUT2D eigenvalue weighted by atomic mass is 19.1. The number of rotatable bonds is 6. The number of nitrogens with zero attached hydrogens (tertiary/aromatic N) is 4. The Morgan fingerprint density at radius 3 is 2.00 bits per heavy atom. The van der Waals surface area contributed by atoms with Crippen LogP contribution in [-0.4, -0.2) is 24.9 Å². The van der Waals surface area contributed by atoms with Crippen LogP contribution in [0.2, 0.25) is 0 Å². The SMILES string of the molecule is O=C(c1ccc(F)cc1)C(Cn1ccnc1)Cn1ccnc1. The van der Waals surface area contributed by atoms with E-state index in [1.165, 1.54) is 24.3 Å². The summed E-state index contributed by atoms with van der Waals surface area (Å²) in [5.41, 5.74) is 0.506. The van der Waals surface area contributed by atoms with E-state index >= 15 is 0 Å². The zero-order valence-corrected chi connectivity index (χ0v) is 11.8. The second kappa shape index (κ2) is 6.34.